The number of carbonyl (C=O) groups excluding carboxylic acids is 2. The topological polar surface area (TPSA) is 131 Å². The number of aromatic nitrogens is 1. The highest BCUT2D eigenvalue weighted by molar-refractivity contribution is 5.87. The van der Waals surface area contributed by atoms with Gasteiger partial charge in [-0.15, -0.1) is 0 Å². The SMILES string of the molecule is CC(C)(CCNC(=O)OCC1c2ccccc2-c2ccccc21)C(=O)NCc1ocnc1C(=O)O. The Balaban J connectivity index is 1.25. The van der Waals surface area contributed by atoms with Crippen LogP contribution in [0, 0.1) is 5.41 Å². The minimum absolute atomic E-state index is 0.0258. The molecule has 3 N–H and O–H groups in total. The van der Waals surface area contributed by atoms with E-state index in [1.54, 1.807) is 13.8 Å². The van der Waals surface area contributed by atoms with Gasteiger partial charge in [-0.2, -0.15) is 0 Å². The van der Waals surface area contributed by atoms with Crippen LogP contribution in [0.15, 0.2) is 59.3 Å². The summed E-state index contributed by atoms with van der Waals surface area (Å²) < 4.78 is 10.6. The van der Waals surface area contributed by atoms with Crippen LogP contribution in [-0.4, -0.2) is 41.2 Å². The second kappa shape index (κ2) is 10.0. The van der Waals surface area contributed by atoms with Crippen LogP contribution in [0.1, 0.15) is 53.6 Å². The van der Waals surface area contributed by atoms with E-state index >= 15 is 0 Å². The van der Waals surface area contributed by atoms with E-state index in [4.69, 9.17) is 14.3 Å². The van der Waals surface area contributed by atoms with E-state index in [1.807, 2.05) is 24.3 Å². The first-order chi connectivity index (χ1) is 16.8. The maximum atomic E-state index is 12.6. The van der Waals surface area contributed by atoms with Crippen molar-refractivity contribution in [1.29, 1.82) is 0 Å². The third kappa shape index (κ3) is 5.18. The second-order valence-electron chi connectivity index (χ2n) is 9.00. The Morgan fingerprint density at radius 2 is 1.66 bits per heavy atom. The van der Waals surface area contributed by atoms with Crippen molar-refractivity contribution in [3.05, 3.63) is 77.5 Å². The first-order valence-corrected chi connectivity index (χ1v) is 11.3. The van der Waals surface area contributed by atoms with Gasteiger partial charge in [-0.25, -0.2) is 14.6 Å². The predicted molar refractivity (Wildman–Crippen MR) is 127 cm³/mol. The second-order valence-corrected chi connectivity index (χ2v) is 9.00. The zero-order chi connectivity index (χ0) is 25.0. The number of carboxylic acid groups (broad SMARTS) is 1. The third-order valence-electron chi connectivity index (χ3n) is 6.23. The van der Waals surface area contributed by atoms with Crippen LogP contribution in [0.2, 0.25) is 0 Å². The average molecular weight is 478 g/mol. The number of rotatable bonds is 9. The van der Waals surface area contributed by atoms with Gasteiger partial charge in [0.2, 0.25) is 5.91 Å². The van der Waals surface area contributed by atoms with Gasteiger partial charge in [0.15, 0.2) is 17.8 Å². The molecule has 3 aromatic rings. The molecule has 0 fully saturated rings. The number of benzene rings is 2. The number of aromatic carboxylic acids is 1. The van der Waals surface area contributed by atoms with E-state index in [-0.39, 0.29) is 43.0 Å². The van der Waals surface area contributed by atoms with E-state index in [1.165, 1.54) is 0 Å². The van der Waals surface area contributed by atoms with Crippen molar-refractivity contribution in [2.75, 3.05) is 13.2 Å². The van der Waals surface area contributed by atoms with Crippen molar-refractivity contribution in [3.8, 4) is 11.1 Å². The van der Waals surface area contributed by atoms with E-state index in [0.717, 1.165) is 28.6 Å². The van der Waals surface area contributed by atoms with Gasteiger partial charge < -0.3 is 24.9 Å². The van der Waals surface area contributed by atoms with Crippen molar-refractivity contribution < 1.29 is 28.6 Å². The highest BCUT2D eigenvalue weighted by Gasteiger charge is 2.30. The maximum absolute atomic E-state index is 12.6. The van der Waals surface area contributed by atoms with Gasteiger partial charge in [0.1, 0.15) is 6.61 Å². The lowest BCUT2D eigenvalue weighted by Gasteiger charge is -2.23. The van der Waals surface area contributed by atoms with Crippen LogP contribution in [0.4, 0.5) is 4.79 Å². The number of hydrogen-bond donors (Lipinski definition) is 3. The van der Waals surface area contributed by atoms with Crippen LogP contribution in [-0.2, 0) is 16.1 Å². The van der Waals surface area contributed by atoms with Crippen molar-refractivity contribution >= 4 is 18.0 Å². The summed E-state index contributed by atoms with van der Waals surface area (Å²) >= 11 is 0. The molecule has 0 spiro atoms. The zero-order valence-corrected chi connectivity index (χ0v) is 19.5. The quantitative estimate of drug-likeness (QED) is 0.425. The lowest BCUT2D eigenvalue weighted by atomic mass is 9.88. The Hall–Kier alpha value is -4.14. The fourth-order valence-electron chi connectivity index (χ4n) is 4.21. The van der Waals surface area contributed by atoms with Crippen LogP contribution in [0.5, 0.6) is 0 Å². The molecule has 0 saturated carbocycles. The molecule has 0 saturated heterocycles. The normalized spacial score (nSPS) is 12.5. The molecule has 0 bridgehead atoms. The number of carbonyl (C=O) groups is 3. The molecule has 182 valence electrons. The smallest absolute Gasteiger partial charge is 0.407 e. The maximum Gasteiger partial charge on any atom is 0.407 e. The highest BCUT2D eigenvalue weighted by atomic mass is 16.5. The fraction of sp³-hybridized carbons (Fsp3) is 0.308. The van der Waals surface area contributed by atoms with Crippen molar-refractivity contribution in [1.82, 2.24) is 15.6 Å². The van der Waals surface area contributed by atoms with Gasteiger partial charge >= 0.3 is 12.1 Å². The molecule has 1 aliphatic rings. The number of fused-ring (bicyclic) bond motifs is 3. The molecule has 2 aromatic carbocycles. The number of hydrogen-bond acceptors (Lipinski definition) is 6. The minimum atomic E-state index is -1.23. The molecule has 9 heteroatoms. The molecule has 2 amide bonds. The number of carboxylic acids is 1. The van der Waals surface area contributed by atoms with Crippen molar-refractivity contribution in [3.63, 3.8) is 0 Å². The molecule has 1 heterocycles. The van der Waals surface area contributed by atoms with Gasteiger partial charge in [-0.1, -0.05) is 62.4 Å². The Morgan fingerprint density at radius 3 is 2.29 bits per heavy atom. The summed E-state index contributed by atoms with van der Waals surface area (Å²) in [5.41, 5.74) is 3.53. The number of amides is 2. The molecule has 9 nitrogen and oxygen atoms in total. The lowest BCUT2D eigenvalue weighted by molar-refractivity contribution is -0.129. The lowest BCUT2D eigenvalue weighted by Crippen LogP contribution is -2.39. The van der Waals surface area contributed by atoms with Gasteiger partial charge in [-0.3, -0.25) is 4.79 Å². The summed E-state index contributed by atoms with van der Waals surface area (Å²) in [5, 5.41) is 14.4. The van der Waals surface area contributed by atoms with E-state index in [9.17, 15) is 14.4 Å². The van der Waals surface area contributed by atoms with Crippen molar-refractivity contribution in [2.45, 2.75) is 32.7 Å². The Kier molecular flexibility index (Phi) is 6.86. The van der Waals surface area contributed by atoms with Gasteiger partial charge in [-0.05, 0) is 28.7 Å². The van der Waals surface area contributed by atoms with Crippen molar-refractivity contribution in [2.24, 2.45) is 5.41 Å². The molecule has 4 rings (SSSR count). The number of nitrogens with zero attached hydrogens (tertiary/aromatic N) is 1. The van der Waals surface area contributed by atoms with E-state index in [2.05, 4.69) is 39.9 Å². The summed E-state index contributed by atoms with van der Waals surface area (Å²) in [5.74, 6) is -1.49. The first kappa shape index (κ1) is 24.0. The molecular weight excluding hydrogens is 450 g/mol. The summed E-state index contributed by atoms with van der Waals surface area (Å²) in [6, 6.07) is 16.2. The largest absolute Gasteiger partial charge is 0.476 e. The highest BCUT2D eigenvalue weighted by Crippen LogP contribution is 2.44. The molecule has 1 aromatic heterocycles. The fourth-order valence-corrected chi connectivity index (χ4v) is 4.21. The van der Waals surface area contributed by atoms with Crippen LogP contribution < -0.4 is 10.6 Å². The minimum Gasteiger partial charge on any atom is -0.476 e. The number of ether oxygens (including phenoxy) is 1. The van der Waals surface area contributed by atoms with Gasteiger partial charge in [0, 0.05) is 17.9 Å². The number of nitrogens with one attached hydrogen (secondary N) is 2. The summed E-state index contributed by atoms with van der Waals surface area (Å²) in [7, 11) is 0. The van der Waals surface area contributed by atoms with Gasteiger partial charge in [0.25, 0.3) is 0 Å². The molecular formula is C26H27N3O6. The summed E-state index contributed by atoms with van der Waals surface area (Å²) in [6.07, 6.45) is 0.829. The van der Waals surface area contributed by atoms with E-state index in [0.29, 0.717) is 6.42 Å². The van der Waals surface area contributed by atoms with Crippen LogP contribution in [0.3, 0.4) is 0 Å². The summed E-state index contributed by atoms with van der Waals surface area (Å²) in [6.45, 7) is 3.83. The Bertz CT molecular complexity index is 1200. The molecule has 0 aliphatic heterocycles. The number of oxazole rings is 1. The zero-order valence-electron chi connectivity index (χ0n) is 19.5. The van der Waals surface area contributed by atoms with E-state index < -0.39 is 17.5 Å². The van der Waals surface area contributed by atoms with Crippen LogP contribution in [0.25, 0.3) is 11.1 Å². The average Bonchev–Trinajstić information content (AvgIpc) is 3.44. The monoisotopic (exact) mass is 477 g/mol. The Labute approximate surface area is 202 Å². The summed E-state index contributed by atoms with van der Waals surface area (Å²) in [4.78, 5) is 39.7. The molecule has 0 unspecified atom stereocenters. The Morgan fingerprint density at radius 1 is 1.03 bits per heavy atom. The standard InChI is InChI=1S/C26H27N3O6/c1-26(2,24(32)28-13-21-22(23(30)31)29-15-35-21)11-12-27-25(33)34-14-20-18-9-5-3-7-16(18)17-8-4-6-10-19(17)20/h3-10,15,20H,11-14H2,1-2H3,(H,27,33)(H,28,32)(H,30,31). The van der Waals surface area contributed by atoms with Gasteiger partial charge in [0.05, 0.1) is 6.54 Å². The van der Waals surface area contributed by atoms with Crippen LogP contribution >= 0.6 is 0 Å². The molecule has 0 radical (unpaired) electrons. The molecule has 0 atom stereocenters. The number of alkyl carbamates (subject to hydrolysis) is 1. The molecule has 1 aliphatic carbocycles. The third-order valence-corrected chi connectivity index (χ3v) is 6.23. The first-order valence-electron chi connectivity index (χ1n) is 11.3. The molecule has 35 heavy (non-hydrogen) atoms. The predicted octanol–water partition coefficient (Wildman–Crippen LogP) is 3.94.